The summed E-state index contributed by atoms with van der Waals surface area (Å²) in [5.41, 5.74) is 4.05. The van der Waals surface area contributed by atoms with Crippen molar-refractivity contribution in [2.75, 3.05) is 0 Å². The molecule has 0 radical (unpaired) electrons. The number of aromatic amines is 1. The standard InChI is InChI=1S/C18H16N6/c1-23-7-8-24(13-23)16-4-2-3-14(10-16)9-15-5-6-20-18(22-15)17-11-19-12-21-17/h2-8,10-12H,9H2,1H3,(H,19,21). The fourth-order valence-corrected chi connectivity index (χ4v) is 2.57. The first-order valence-electron chi connectivity index (χ1n) is 7.64. The smallest absolute Gasteiger partial charge is 0.243 e. The lowest BCUT2D eigenvalue weighted by atomic mass is 10.1. The second-order valence-electron chi connectivity index (χ2n) is 5.56. The van der Waals surface area contributed by atoms with Gasteiger partial charge in [-0.25, -0.2) is 15.0 Å². The third-order valence-corrected chi connectivity index (χ3v) is 3.73. The van der Waals surface area contributed by atoms with E-state index in [9.17, 15) is 0 Å². The largest absolute Gasteiger partial charge is 0.342 e. The third-order valence-electron chi connectivity index (χ3n) is 3.73. The highest BCUT2D eigenvalue weighted by Crippen LogP contribution is 2.15. The van der Waals surface area contributed by atoms with E-state index < -0.39 is 0 Å². The van der Waals surface area contributed by atoms with E-state index in [4.69, 9.17) is 0 Å². The summed E-state index contributed by atoms with van der Waals surface area (Å²) in [5, 5.41) is 0. The van der Waals surface area contributed by atoms with E-state index in [2.05, 4.69) is 50.5 Å². The highest BCUT2D eigenvalue weighted by Gasteiger charge is 2.05. The SMILES string of the molecule is C[n+]1[c-]n(-c2cccc(Cc3ccnc(-c4cnc[nH]4)n3)c2)cc1. The summed E-state index contributed by atoms with van der Waals surface area (Å²) in [6.45, 7) is 0. The van der Waals surface area contributed by atoms with Crippen LogP contribution in [0, 0.1) is 6.33 Å². The summed E-state index contributed by atoms with van der Waals surface area (Å²) in [6.07, 6.45) is 13.0. The van der Waals surface area contributed by atoms with Crippen LogP contribution < -0.4 is 4.57 Å². The number of H-pyrrole nitrogens is 1. The number of rotatable bonds is 4. The Morgan fingerprint density at radius 3 is 3.04 bits per heavy atom. The van der Waals surface area contributed by atoms with Gasteiger partial charge in [-0.15, -0.1) is 0 Å². The Labute approximate surface area is 139 Å². The van der Waals surface area contributed by atoms with Crippen LogP contribution in [0.5, 0.6) is 0 Å². The molecule has 3 aromatic heterocycles. The van der Waals surface area contributed by atoms with Crippen LogP contribution in [-0.4, -0.2) is 24.5 Å². The average Bonchev–Trinajstić information content (AvgIpc) is 3.27. The van der Waals surface area contributed by atoms with Crippen LogP contribution in [0.4, 0.5) is 0 Å². The number of imidazole rings is 2. The lowest BCUT2D eigenvalue weighted by Crippen LogP contribution is -2.24. The topological polar surface area (TPSA) is 63.3 Å². The molecule has 118 valence electrons. The molecule has 0 spiro atoms. The molecule has 4 rings (SSSR count). The number of benzene rings is 1. The summed E-state index contributed by atoms with van der Waals surface area (Å²) in [4.78, 5) is 16.0. The zero-order valence-electron chi connectivity index (χ0n) is 13.2. The predicted octanol–water partition coefficient (Wildman–Crippen LogP) is 1.87. The van der Waals surface area contributed by atoms with Crippen molar-refractivity contribution in [2.45, 2.75) is 6.42 Å². The zero-order valence-corrected chi connectivity index (χ0v) is 13.2. The number of hydrogen-bond donors (Lipinski definition) is 1. The summed E-state index contributed by atoms with van der Waals surface area (Å²) in [7, 11) is 1.96. The van der Waals surface area contributed by atoms with Crippen molar-refractivity contribution in [3.05, 3.63) is 79.0 Å². The molecule has 0 atom stereocenters. The molecule has 3 heterocycles. The van der Waals surface area contributed by atoms with Gasteiger partial charge in [-0.2, -0.15) is 0 Å². The average molecular weight is 316 g/mol. The van der Waals surface area contributed by atoms with Crippen molar-refractivity contribution < 1.29 is 4.57 Å². The van der Waals surface area contributed by atoms with Gasteiger partial charge in [0.2, 0.25) is 6.33 Å². The van der Waals surface area contributed by atoms with Crippen LogP contribution >= 0.6 is 0 Å². The maximum atomic E-state index is 4.62. The molecule has 0 fully saturated rings. The molecule has 0 aliphatic carbocycles. The lowest BCUT2D eigenvalue weighted by molar-refractivity contribution is -0.674. The van der Waals surface area contributed by atoms with E-state index in [-0.39, 0.29) is 0 Å². The maximum Gasteiger partial charge on any atom is 0.243 e. The second kappa shape index (κ2) is 6.08. The zero-order chi connectivity index (χ0) is 16.4. The number of hydrogen-bond acceptors (Lipinski definition) is 3. The number of nitrogens with one attached hydrogen (secondary N) is 1. The van der Waals surface area contributed by atoms with E-state index in [1.165, 1.54) is 5.56 Å². The molecule has 1 N–H and O–H groups in total. The van der Waals surface area contributed by atoms with Crippen molar-refractivity contribution >= 4 is 0 Å². The summed E-state index contributed by atoms with van der Waals surface area (Å²) in [6, 6.07) is 10.3. The summed E-state index contributed by atoms with van der Waals surface area (Å²) in [5.74, 6) is 0.659. The molecular formula is C18H16N6. The number of aromatic nitrogens is 6. The highest BCUT2D eigenvalue weighted by atomic mass is 15.1. The molecule has 24 heavy (non-hydrogen) atoms. The van der Waals surface area contributed by atoms with Gasteiger partial charge in [0.1, 0.15) is 5.69 Å². The molecule has 6 nitrogen and oxygen atoms in total. The van der Waals surface area contributed by atoms with Crippen LogP contribution in [0.15, 0.2) is 61.4 Å². The van der Waals surface area contributed by atoms with E-state index in [1.54, 1.807) is 18.7 Å². The molecule has 0 saturated carbocycles. The van der Waals surface area contributed by atoms with Crippen molar-refractivity contribution in [3.8, 4) is 17.2 Å². The summed E-state index contributed by atoms with van der Waals surface area (Å²) < 4.78 is 3.87. The Kier molecular flexibility index (Phi) is 3.63. The van der Waals surface area contributed by atoms with Gasteiger partial charge >= 0.3 is 0 Å². The third kappa shape index (κ3) is 2.94. The lowest BCUT2D eigenvalue weighted by Gasteiger charge is -2.07. The molecule has 0 aliphatic heterocycles. The van der Waals surface area contributed by atoms with Gasteiger partial charge in [-0.3, -0.25) is 0 Å². The van der Waals surface area contributed by atoms with E-state index in [1.807, 2.05) is 34.6 Å². The van der Waals surface area contributed by atoms with Gasteiger partial charge in [-0.05, 0) is 11.6 Å². The van der Waals surface area contributed by atoms with E-state index >= 15 is 0 Å². The first-order chi connectivity index (χ1) is 11.8. The fraction of sp³-hybridized carbons (Fsp3) is 0.111. The molecule has 0 unspecified atom stereocenters. The molecule has 6 heteroatoms. The van der Waals surface area contributed by atoms with E-state index in [0.717, 1.165) is 23.5 Å². The minimum absolute atomic E-state index is 0.659. The van der Waals surface area contributed by atoms with Crippen molar-refractivity contribution in [1.82, 2.24) is 24.5 Å². The Balaban J connectivity index is 1.61. The maximum absolute atomic E-state index is 4.62. The molecule has 4 aromatic rings. The van der Waals surface area contributed by atoms with Crippen LogP contribution in [0.2, 0.25) is 0 Å². The van der Waals surface area contributed by atoms with Gasteiger partial charge in [0.15, 0.2) is 5.82 Å². The predicted molar refractivity (Wildman–Crippen MR) is 88.2 cm³/mol. The van der Waals surface area contributed by atoms with Gasteiger partial charge < -0.3 is 14.1 Å². The van der Waals surface area contributed by atoms with Gasteiger partial charge in [0, 0.05) is 30.7 Å². The molecule has 0 bridgehead atoms. The first kappa shape index (κ1) is 14.3. The van der Waals surface area contributed by atoms with Crippen LogP contribution in [0.1, 0.15) is 11.3 Å². The molecule has 0 saturated heterocycles. The van der Waals surface area contributed by atoms with Crippen LogP contribution in [0.3, 0.4) is 0 Å². The normalized spacial score (nSPS) is 10.9. The Bertz CT molecular complexity index is 955. The highest BCUT2D eigenvalue weighted by molar-refractivity contribution is 5.47. The van der Waals surface area contributed by atoms with Crippen LogP contribution in [-0.2, 0) is 13.5 Å². The minimum atomic E-state index is 0.659. The van der Waals surface area contributed by atoms with Gasteiger partial charge in [-0.1, -0.05) is 24.3 Å². The fourth-order valence-electron chi connectivity index (χ4n) is 2.57. The second-order valence-corrected chi connectivity index (χ2v) is 5.56. The Morgan fingerprint density at radius 2 is 2.25 bits per heavy atom. The number of aryl methyl sites for hydroxylation is 1. The van der Waals surface area contributed by atoms with Gasteiger partial charge in [0.05, 0.1) is 25.3 Å². The quantitative estimate of drug-likeness (QED) is 0.462. The minimum Gasteiger partial charge on any atom is -0.342 e. The van der Waals surface area contributed by atoms with Crippen molar-refractivity contribution in [2.24, 2.45) is 7.05 Å². The molecule has 0 aliphatic rings. The first-order valence-corrected chi connectivity index (χ1v) is 7.64. The molecule has 0 amide bonds. The van der Waals surface area contributed by atoms with Crippen molar-refractivity contribution in [3.63, 3.8) is 0 Å². The number of nitrogens with zero attached hydrogens (tertiary/aromatic N) is 5. The monoisotopic (exact) mass is 316 g/mol. The molecule has 1 aromatic carbocycles. The molecular weight excluding hydrogens is 300 g/mol. The van der Waals surface area contributed by atoms with E-state index in [0.29, 0.717) is 5.82 Å². The Hall–Kier alpha value is -3.28. The van der Waals surface area contributed by atoms with Crippen molar-refractivity contribution in [1.29, 1.82) is 0 Å². The summed E-state index contributed by atoms with van der Waals surface area (Å²) >= 11 is 0. The van der Waals surface area contributed by atoms with Gasteiger partial charge in [0.25, 0.3) is 0 Å². The van der Waals surface area contributed by atoms with Crippen LogP contribution in [0.25, 0.3) is 17.2 Å². The Morgan fingerprint density at radius 1 is 1.29 bits per heavy atom.